The number of esters is 1. The molecule has 1 unspecified atom stereocenters. The van der Waals surface area contributed by atoms with Gasteiger partial charge in [-0.25, -0.2) is 4.57 Å². The third-order valence-corrected chi connectivity index (χ3v) is 4.89. The molecular formula is C19H23O6P. The summed E-state index contributed by atoms with van der Waals surface area (Å²) in [7, 11) is -4.29. The lowest BCUT2D eigenvalue weighted by molar-refractivity contribution is -0.152. The van der Waals surface area contributed by atoms with Gasteiger partial charge in [-0.05, 0) is 25.0 Å². The van der Waals surface area contributed by atoms with Gasteiger partial charge < -0.3 is 9.63 Å². The fourth-order valence-electron chi connectivity index (χ4n) is 2.11. The Labute approximate surface area is 153 Å². The molecule has 0 aromatic heterocycles. The van der Waals surface area contributed by atoms with Crippen LogP contribution in [0.2, 0.25) is 0 Å². The maximum Gasteiger partial charge on any atom is 0.472 e. The summed E-state index contributed by atoms with van der Waals surface area (Å²) in [5.74, 6) is -1.23. The summed E-state index contributed by atoms with van der Waals surface area (Å²) < 4.78 is 27.4. The molecule has 0 fully saturated rings. The molecule has 0 aliphatic rings. The summed E-state index contributed by atoms with van der Waals surface area (Å²) >= 11 is 0. The zero-order valence-corrected chi connectivity index (χ0v) is 15.7. The monoisotopic (exact) mass is 378 g/mol. The number of hydrogen-bond acceptors (Lipinski definition) is 5. The molecule has 0 heterocycles. The zero-order chi connectivity index (χ0) is 19.0. The second-order valence-corrected chi connectivity index (χ2v) is 7.33. The summed E-state index contributed by atoms with van der Waals surface area (Å²) in [4.78, 5) is 22.0. The lowest BCUT2D eigenvalue weighted by Gasteiger charge is -2.21. The quantitative estimate of drug-likeness (QED) is 0.523. The number of phosphoric acid groups is 1. The second kappa shape index (κ2) is 9.64. The van der Waals surface area contributed by atoms with Crippen LogP contribution in [0.3, 0.4) is 0 Å². The maximum atomic E-state index is 12.1. The summed E-state index contributed by atoms with van der Waals surface area (Å²) in [6.07, 6.45) is -0.843. The van der Waals surface area contributed by atoms with Crippen LogP contribution in [0.1, 0.15) is 25.0 Å². The van der Waals surface area contributed by atoms with E-state index in [1.807, 2.05) is 36.4 Å². The Morgan fingerprint density at radius 2 is 1.46 bits per heavy atom. The number of ether oxygens (including phenoxy) is 1. The van der Waals surface area contributed by atoms with Gasteiger partial charge in [0.1, 0.15) is 6.61 Å². The molecule has 7 heteroatoms. The largest absolute Gasteiger partial charge is 0.472 e. The van der Waals surface area contributed by atoms with Gasteiger partial charge in [0.15, 0.2) is 0 Å². The first-order valence-corrected chi connectivity index (χ1v) is 9.77. The van der Waals surface area contributed by atoms with E-state index in [9.17, 15) is 14.3 Å². The lowest BCUT2D eigenvalue weighted by Crippen LogP contribution is -2.27. The van der Waals surface area contributed by atoms with Crippen LogP contribution in [0.25, 0.3) is 0 Å². The highest BCUT2D eigenvalue weighted by molar-refractivity contribution is 7.47. The Bertz CT molecular complexity index is 734. The van der Waals surface area contributed by atoms with E-state index < -0.39 is 25.8 Å². The molecule has 0 bridgehead atoms. The van der Waals surface area contributed by atoms with Crippen LogP contribution in [0.5, 0.6) is 0 Å². The molecule has 0 amide bonds. The average Bonchev–Trinajstić information content (AvgIpc) is 2.65. The van der Waals surface area contributed by atoms with Crippen LogP contribution in [-0.4, -0.2) is 17.0 Å². The van der Waals surface area contributed by atoms with Crippen molar-refractivity contribution in [1.29, 1.82) is 0 Å². The molecule has 2 aromatic rings. The van der Waals surface area contributed by atoms with E-state index in [2.05, 4.69) is 0 Å². The predicted molar refractivity (Wildman–Crippen MR) is 97.0 cm³/mol. The predicted octanol–water partition coefficient (Wildman–Crippen LogP) is 4.09. The van der Waals surface area contributed by atoms with E-state index in [1.54, 1.807) is 31.2 Å². The van der Waals surface area contributed by atoms with E-state index in [0.29, 0.717) is 0 Å². The van der Waals surface area contributed by atoms with Crippen LogP contribution >= 0.6 is 7.82 Å². The van der Waals surface area contributed by atoms with Gasteiger partial charge in [0.05, 0.1) is 18.6 Å². The van der Waals surface area contributed by atoms with Crippen molar-refractivity contribution >= 4 is 13.8 Å². The topological polar surface area (TPSA) is 82.1 Å². The second-order valence-electron chi connectivity index (χ2n) is 5.92. The molecule has 3 atom stereocenters. The third kappa shape index (κ3) is 6.73. The molecule has 140 valence electrons. The molecule has 1 N–H and O–H groups in total. The molecule has 26 heavy (non-hydrogen) atoms. The van der Waals surface area contributed by atoms with Crippen molar-refractivity contribution in [1.82, 2.24) is 0 Å². The molecule has 0 spiro atoms. The van der Waals surface area contributed by atoms with Crippen LogP contribution in [0.15, 0.2) is 60.7 Å². The molecule has 0 saturated carbocycles. The van der Waals surface area contributed by atoms with Crippen molar-refractivity contribution in [2.45, 2.75) is 33.2 Å². The van der Waals surface area contributed by atoms with Crippen LogP contribution in [0.4, 0.5) is 0 Å². The van der Waals surface area contributed by atoms with Crippen molar-refractivity contribution in [3.8, 4) is 0 Å². The number of hydrogen-bond donors (Lipinski definition) is 1. The number of phosphoric ester groups is 1. The minimum Gasteiger partial charge on any atom is -0.461 e. The molecular weight excluding hydrogens is 355 g/mol. The number of benzene rings is 2. The summed E-state index contributed by atoms with van der Waals surface area (Å²) in [5.41, 5.74) is 1.61. The Kier molecular flexibility index (Phi) is 7.54. The van der Waals surface area contributed by atoms with Gasteiger partial charge in [0, 0.05) is 0 Å². The first-order chi connectivity index (χ1) is 12.4. The SMILES string of the molecule is C[C@H](C(=O)OCc1ccccc1)[C@@H](C)OP(=O)(O)OCc1ccccc1. The fraction of sp³-hybridized carbons (Fsp3) is 0.316. The average molecular weight is 378 g/mol. The summed E-state index contributed by atoms with van der Waals surface area (Å²) in [6.45, 7) is 3.19. The van der Waals surface area contributed by atoms with Crippen LogP contribution < -0.4 is 0 Å². The smallest absolute Gasteiger partial charge is 0.461 e. The Morgan fingerprint density at radius 1 is 0.962 bits per heavy atom. The number of carbonyl (C=O) groups excluding carboxylic acids is 1. The van der Waals surface area contributed by atoms with Crippen LogP contribution in [0, 0.1) is 5.92 Å². The van der Waals surface area contributed by atoms with E-state index in [4.69, 9.17) is 13.8 Å². The highest BCUT2D eigenvalue weighted by Gasteiger charge is 2.31. The van der Waals surface area contributed by atoms with Gasteiger partial charge >= 0.3 is 13.8 Å². The van der Waals surface area contributed by atoms with Crippen molar-refractivity contribution in [2.24, 2.45) is 5.92 Å². The summed E-state index contributed by atoms with van der Waals surface area (Å²) in [6, 6.07) is 18.2. The minimum atomic E-state index is -4.29. The maximum absolute atomic E-state index is 12.1. The van der Waals surface area contributed by atoms with Gasteiger partial charge in [0.25, 0.3) is 0 Å². The van der Waals surface area contributed by atoms with E-state index in [0.717, 1.165) is 11.1 Å². The van der Waals surface area contributed by atoms with Crippen LogP contribution in [-0.2, 0) is 36.4 Å². The van der Waals surface area contributed by atoms with Gasteiger partial charge in [-0.1, -0.05) is 60.7 Å². The standard InChI is InChI=1S/C19H23O6P/c1-15(19(20)23-13-17-9-5-3-6-10-17)16(2)25-26(21,22)24-14-18-11-7-4-8-12-18/h3-12,15-16H,13-14H2,1-2H3,(H,21,22)/t15-,16+/m0/s1. The lowest BCUT2D eigenvalue weighted by atomic mass is 10.1. The zero-order valence-electron chi connectivity index (χ0n) is 14.8. The first-order valence-electron chi connectivity index (χ1n) is 8.27. The van der Waals surface area contributed by atoms with E-state index in [1.165, 1.54) is 6.92 Å². The third-order valence-electron chi connectivity index (χ3n) is 3.84. The van der Waals surface area contributed by atoms with Crippen molar-refractivity contribution in [3.05, 3.63) is 71.8 Å². The molecule has 2 aromatic carbocycles. The van der Waals surface area contributed by atoms with Gasteiger partial charge in [0.2, 0.25) is 0 Å². The van der Waals surface area contributed by atoms with Gasteiger partial charge in [-0.15, -0.1) is 0 Å². The summed E-state index contributed by atoms with van der Waals surface area (Å²) in [5, 5.41) is 0. The Morgan fingerprint density at radius 3 is 2.00 bits per heavy atom. The van der Waals surface area contributed by atoms with Crippen molar-refractivity contribution < 1.29 is 28.0 Å². The van der Waals surface area contributed by atoms with Crippen molar-refractivity contribution in [2.75, 3.05) is 0 Å². The normalized spacial score (nSPS) is 15.7. The molecule has 0 aliphatic carbocycles. The van der Waals surface area contributed by atoms with E-state index >= 15 is 0 Å². The number of rotatable bonds is 9. The number of carbonyl (C=O) groups is 1. The highest BCUT2D eigenvalue weighted by Crippen LogP contribution is 2.46. The van der Waals surface area contributed by atoms with Gasteiger partial charge in [-0.2, -0.15) is 0 Å². The molecule has 0 radical (unpaired) electrons. The Hall–Kier alpha value is -1.98. The van der Waals surface area contributed by atoms with Crippen molar-refractivity contribution in [3.63, 3.8) is 0 Å². The van der Waals surface area contributed by atoms with Gasteiger partial charge in [-0.3, -0.25) is 13.8 Å². The highest BCUT2D eigenvalue weighted by atomic mass is 31.2. The molecule has 2 rings (SSSR count). The fourth-order valence-corrected chi connectivity index (χ4v) is 3.09. The molecule has 6 nitrogen and oxygen atoms in total. The van der Waals surface area contributed by atoms with E-state index in [-0.39, 0.29) is 13.2 Å². The Balaban J connectivity index is 1.81. The molecule has 0 saturated heterocycles. The molecule has 0 aliphatic heterocycles. The minimum absolute atomic E-state index is 0.0613. The first kappa shape index (κ1) is 20.3.